The van der Waals surface area contributed by atoms with E-state index in [1.807, 2.05) is 6.92 Å². The minimum absolute atomic E-state index is 0.296. The Morgan fingerprint density at radius 1 is 1.28 bits per heavy atom. The third-order valence-corrected chi connectivity index (χ3v) is 2.53. The van der Waals surface area contributed by atoms with Crippen LogP contribution in [0.2, 0.25) is 5.02 Å². The predicted molar refractivity (Wildman–Crippen MR) is 66.1 cm³/mol. The van der Waals surface area contributed by atoms with Crippen molar-refractivity contribution >= 4 is 17.3 Å². The van der Waals surface area contributed by atoms with Crippen LogP contribution < -0.4 is 5.32 Å². The number of benzene rings is 1. The summed E-state index contributed by atoms with van der Waals surface area (Å²) in [6.45, 7) is 3.55. The van der Waals surface area contributed by atoms with Crippen LogP contribution in [0.4, 0.5) is 18.9 Å². The number of hydrogen-bond donors (Lipinski definition) is 1. The molecule has 0 amide bonds. The fourth-order valence-corrected chi connectivity index (χ4v) is 1.59. The maximum atomic E-state index is 12.6. The Balaban J connectivity index is 2.57. The summed E-state index contributed by atoms with van der Waals surface area (Å²) in [6, 6.07) is 3.75. The molecule has 0 aromatic heterocycles. The highest BCUT2D eigenvalue weighted by atomic mass is 35.5. The molecule has 0 aliphatic heterocycles. The lowest BCUT2D eigenvalue weighted by molar-refractivity contribution is -0.137. The highest BCUT2D eigenvalue weighted by Gasteiger charge is 2.33. The summed E-state index contributed by atoms with van der Waals surface area (Å²) in [7, 11) is 0. The van der Waals surface area contributed by atoms with E-state index in [1.165, 1.54) is 12.1 Å². The number of ether oxygens (including phenoxy) is 1. The molecule has 2 nitrogen and oxygen atoms in total. The molecule has 0 radical (unpaired) electrons. The first-order valence-electron chi connectivity index (χ1n) is 5.63. The zero-order chi connectivity index (χ0) is 13.6. The van der Waals surface area contributed by atoms with E-state index in [-0.39, 0.29) is 5.02 Å². The molecule has 0 saturated carbocycles. The highest BCUT2D eigenvalue weighted by Crippen LogP contribution is 2.36. The summed E-state index contributed by atoms with van der Waals surface area (Å²) in [6.07, 6.45) is -3.52. The molecule has 0 aliphatic carbocycles. The lowest BCUT2D eigenvalue weighted by Crippen LogP contribution is -2.11. The second-order valence-electron chi connectivity index (χ2n) is 3.73. The van der Waals surface area contributed by atoms with E-state index < -0.39 is 11.7 Å². The van der Waals surface area contributed by atoms with Gasteiger partial charge >= 0.3 is 6.18 Å². The van der Waals surface area contributed by atoms with E-state index in [0.29, 0.717) is 25.4 Å². The zero-order valence-corrected chi connectivity index (χ0v) is 10.7. The van der Waals surface area contributed by atoms with Crippen molar-refractivity contribution in [2.45, 2.75) is 19.5 Å². The van der Waals surface area contributed by atoms with Crippen molar-refractivity contribution in [2.24, 2.45) is 0 Å². The van der Waals surface area contributed by atoms with Crippen LogP contribution in [0.15, 0.2) is 18.2 Å². The zero-order valence-electron chi connectivity index (χ0n) is 9.98. The number of halogens is 4. The molecule has 0 atom stereocenters. The van der Waals surface area contributed by atoms with Gasteiger partial charge in [-0.15, -0.1) is 0 Å². The molecular formula is C12H15ClF3NO. The largest absolute Gasteiger partial charge is 0.417 e. The average Bonchev–Trinajstić information content (AvgIpc) is 2.29. The Hall–Kier alpha value is -0.940. The fraction of sp³-hybridized carbons (Fsp3) is 0.500. The molecule has 0 bridgehead atoms. The molecule has 0 heterocycles. The Bertz CT molecular complexity index is 382. The number of hydrogen-bond acceptors (Lipinski definition) is 2. The molecule has 1 aromatic rings. The Morgan fingerprint density at radius 2 is 2.00 bits per heavy atom. The SMILES string of the molecule is CCCOCCNc1ccc(Cl)c(C(F)(F)F)c1. The summed E-state index contributed by atoms with van der Waals surface area (Å²) in [5.41, 5.74) is -0.449. The van der Waals surface area contributed by atoms with Gasteiger partial charge in [0.25, 0.3) is 0 Å². The van der Waals surface area contributed by atoms with Crippen LogP contribution in [0.5, 0.6) is 0 Å². The van der Waals surface area contributed by atoms with Crippen LogP contribution in [-0.2, 0) is 10.9 Å². The van der Waals surface area contributed by atoms with Gasteiger partial charge in [0, 0.05) is 18.8 Å². The van der Waals surface area contributed by atoms with E-state index in [9.17, 15) is 13.2 Å². The number of alkyl halides is 3. The first-order chi connectivity index (χ1) is 8.45. The van der Waals surface area contributed by atoms with Gasteiger partial charge in [0.05, 0.1) is 17.2 Å². The van der Waals surface area contributed by atoms with Crippen molar-refractivity contribution in [3.05, 3.63) is 28.8 Å². The van der Waals surface area contributed by atoms with E-state index in [0.717, 1.165) is 12.5 Å². The van der Waals surface area contributed by atoms with Gasteiger partial charge < -0.3 is 10.1 Å². The van der Waals surface area contributed by atoms with Gasteiger partial charge in [0.1, 0.15) is 0 Å². The summed E-state index contributed by atoms with van der Waals surface area (Å²) in [5, 5.41) is 2.56. The maximum Gasteiger partial charge on any atom is 0.417 e. The van der Waals surface area contributed by atoms with Crippen molar-refractivity contribution in [3.8, 4) is 0 Å². The van der Waals surface area contributed by atoms with Gasteiger partial charge in [-0.3, -0.25) is 0 Å². The third kappa shape index (κ3) is 4.74. The lowest BCUT2D eigenvalue weighted by Gasteiger charge is -2.12. The summed E-state index contributed by atoms with van der Waals surface area (Å²) >= 11 is 5.51. The molecule has 0 aliphatic rings. The van der Waals surface area contributed by atoms with E-state index in [2.05, 4.69) is 5.32 Å². The number of rotatable bonds is 6. The normalized spacial score (nSPS) is 11.6. The van der Waals surface area contributed by atoms with Crippen LogP contribution in [0, 0.1) is 0 Å². The molecule has 1 aromatic carbocycles. The quantitative estimate of drug-likeness (QED) is 0.789. The van der Waals surface area contributed by atoms with E-state index in [4.69, 9.17) is 16.3 Å². The van der Waals surface area contributed by atoms with Crippen molar-refractivity contribution in [2.75, 3.05) is 25.1 Å². The highest BCUT2D eigenvalue weighted by molar-refractivity contribution is 6.31. The minimum atomic E-state index is -4.44. The van der Waals surface area contributed by atoms with Crippen LogP contribution in [0.25, 0.3) is 0 Å². The van der Waals surface area contributed by atoms with E-state index >= 15 is 0 Å². The Kier molecular flexibility index (Phi) is 5.75. The second kappa shape index (κ2) is 6.85. The van der Waals surface area contributed by atoms with Gasteiger partial charge in [0.2, 0.25) is 0 Å². The molecule has 6 heteroatoms. The lowest BCUT2D eigenvalue weighted by atomic mass is 10.2. The first kappa shape index (κ1) is 15.1. The average molecular weight is 282 g/mol. The molecule has 0 saturated heterocycles. The van der Waals surface area contributed by atoms with Gasteiger partial charge in [-0.25, -0.2) is 0 Å². The molecule has 0 spiro atoms. The Morgan fingerprint density at radius 3 is 2.61 bits per heavy atom. The van der Waals surface area contributed by atoms with Gasteiger partial charge in [-0.05, 0) is 24.6 Å². The molecular weight excluding hydrogens is 267 g/mol. The molecule has 0 fully saturated rings. The van der Waals surface area contributed by atoms with E-state index in [1.54, 1.807) is 0 Å². The van der Waals surface area contributed by atoms with Crippen molar-refractivity contribution in [1.82, 2.24) is 0 Å². The Labute approximate surface area is 109 Å². The first-order valence-corrected chi connectivity index (χ1v) is 6.01. The molecule has 1 N–H and O–H groups in total. The van der Waals surface area contributed by atoms with Crippen LogP contribution in [0.1, 0.15) is 18.9 Å². The van der Waals surface area contributed by atoms with Gasteiger partial charge in [-0.1, -0.05) is 18.5 Å². The van der Waals surface area contributed by atoms with Crippen LogP contribution >= 0.6 is 11.6 Å². The molecule has 0 unspecified atom stereocenters. The number of nitrogens with one attached hydrogen (secondary N) is 1. The second-order valence-corrected chi connectivity index (χ2v) is 4.14. The molecule has 18 heavy (non-hydrogen) atoms. The monoisotopic (exact) mass is 281 g/mol. The van der Waals surface area contributed by atoms with Crippen molar-refractivity contribution < 1.29 is 17.9 Å². The maximum absolute atomic E-state index is 12.6. The molecule has 1 rings (SSSR count). The van der Waals surface area contributed by atoms with Gasteiger partial charge in [-0.2, -0.15) is 13.2 Å². The predicted octanol–water partition coefficient (Wildman–Crippen LogP) is 4.20. The summed E-state index contributed by atoms with van der Waals surface area (Å²) in [4.78, 5) is 0. The number of anilines is 1. The van der Waals surface area contributed by atoms with Crippen molar-refractivity contribution in [3.63, 3.8) is 0 Å². The summed E-state index contributed by atoms with van der Waals surface area (Å²) < 4.78 is 43.0. The standard InChI is InChI=1S/C12H15ClF3NO/c1-2-6-18-7-5-17-9-3-4-11(13)10(8-9)12(14,15)16/h3-4,8,17H,2,5-7H2,1H3. The fourth-order valence-electron chi connectivity index (χ4n) is 1.37. The van der Waals surface area contributed by atoms with Crippen LogP contribution in [0.3, 0.4) is 0 Å². The third-order valence-electron chi connectivity index (χ3n) is 2.20. The molecule has 102 valence electrons. The smallest absolute Gasteiger partial charge is 0.383 e. The summed E-state index contributed by atoms with van der Waals surface area (Å²) in [5.74, 6) is 0. The van der Waals surface area contributed by atoms with Gasteiger partial charge in [0.15, 0.2) is 0 Å². The topological polar surface area (TPSA) is 21.3 Å². The minimum Gasteiger partial charge on any atom is -0.383 e. The van der Waals surface area contributed by atoms with Crippen LogP contribution in [-0.4, -0.2) is 19.8 Å². The van der Waals surface area contributed by atoms with Crippen molar-refractivity contribution in [1.29, 1.82) is 0 Å².